The SMILES string of the molecule is Fc1ccc(CC(Cl)c2cccc(OC(F)F)c2)c(F)c1. The van der Waals surface area contributed by atoms with Crippen molar-refractivity contribution in [1.29, 1.82) is 0 Å². The fourth-order valence-corrected chi connectivity index (χ4v) is 2.19. The van der Waals surface area contributed by atoms with Gasteiger partial charge in [0.25, 0.3) is 0 Å². The van der Waals surface area contributed by atoms with E-state index in [1.165, 1.54) is 24.3 Å². The number of halogens is 5. The molecule has 0 radical (unpaired) electrons. The molecule has 0 amide bonds. The average molecular weight is 319 g/mol. The van der Waals surface area contributed by atoms with Crippen LogP contribution in [0.15, 0.2) is 42.5 Å². The van der Waals surface area contributed by atoms with Gasteiger partial charge >= 0.3 is 6.61 Å². The second-order valence-corrected chi connectivity index (χ2v) is 4.89. The van der Waals surface area contributed by atoms with E-state index in [1.54, 1.807) is 6.07 Å². The summed E-state index contributed by atoms with van der Waals surface area (Å²) < 4.78 is 55.0. The summed E-state index contributed by atoms with van der Waals surface area (Å²) in [7, 11) is 0. The van der Waals surface area contributed by atoms with Gasteiger partial charge in [-0.1, -0.05) is 18.2 Å². The smallest absolute Gasteiger partial charge is 0.387 e. The highest BCUT2D eigenvalue weighted by Gasteiger charge is 2.14. The topological polar surface area (TPSA) is 9.23 Å². The number of ether oxygens (including phenoxy) is 1. The highest BCUT2D eigenvalue weighted by atomic mass is 35.5. The van der Waals surface area contributed by atoms with Gasteiger partial charge in [0.1, 0.15) is 17.4 Å². The van der Waals surface area contributed by atoms with E-state index in [0.717, 1.165) is 12.1 Å². The number of rotatable bonds is 5. The molecule has 6 heteroatoms. The van der Waals surface area contributed by atoms with Gasteiger partial charge in [0.2, 0.25) is 0 Å². The fourth-order valence-electron chi connectivity index (χ4n) is 1.88. The minimum absolute atomic E-state index is 0.0206. The molecule has 2 rings (SSSR count). The Morgan fingerprint density at radius 2 is 1.81 bits per heavy atom. The lowest BCUT2D eigenvalue weighted by atomic mass is 10.0. The average Bonchev–Trinajstić information content (AvgIpc) is 2.41. The van der Waals surface area contributed by atoms with Gasteiger partial charge < -0.3 is 4.74 Å². The second-order valence-electron chi connectivity index (χ2n) is 4.36. The van der Waals surface area contributed by atoms with Crippen molar-refractivity contribution in [3.8, 4) is 5.75 Å². The van der Waals surface area contributed by atoms with Gasteiger partial charge in [0.15, 0.2) is 0 Å². The summed E-state index contributed by atoms with van der Waals surface area (Å²) in [6, 6.07) is 9.09. The Labute approximate surface area is 124 Å². The van der Waals surface area contributed by atoms with Crippen molar-refractivity contribution in [3.05, 3.63) is 65.2 Å². The molecule has 0 fully saturated rings. The van der Waals surface area contributed by atoms with Crippen molar-refractivity contribution in [2.45, 2.75) is 18.4 Å². The zero-order chi connectivity index (χ0) is 15.4. The van der Waals surface area contributed by atoms with E-state index < -0.39 is 23.6 Å². The first kappa shape index (κ1) is 15.6. The van der Waals surface area contributed by atoms with Crippen LogP contribution in [0.4, 0.5) is 17.6 Å². The minimum atomic E-state index is -2.93. The summed E-state index contributed by atoms with van der Waals surface area (Å²) in [4.78, 5) is 0. The van der Waals surface area contributed by atoms with Crippen LogP contribution in [-0.4, -0.2) is 6.61 Å². The van der Waals surface area contributed by atoms with Gasteiger partial charge in [-0.2, -0.15) is 8.78 Å². The quantitative estimate of drug-likeness (QED) is 0.551. The van der Waals surface area contributed by atoms with Crippen LogP contribution >= 0.6 is 11.6 Å². The first-order valence-corrected chi connectivity index (χ1v) is 6.52. The normalized spacial score (nSPS) is 12.5. The lowest BCUT2D eigenvalue weighted by Gasteiger charge is -2.12. The lowest BCUT2D eigenvalue weighted by Crippen LogP contribution is -2.03. The number of hydrogen-bond acceptors (Lipinski definition) is 1. The van der Waals surface area contributed by atoms with Crippen molar-refractivity contribution in [3.63, 3.8) is 0 Å². The summed E-state index contributed by atoms with van der Waals surface area (Å²) in [6.45, 7) is -2.93. The first-order chi connectivity index (χ1) is 9.95. The molecule has 0 N–H and O–H groups in total. The molecule has 1 nitrogen and oxygen atoms in total. The van der Waals surface area contributed by atoms with E-state index in [0.29, 0.717) is 5.56 Å². The van der Waals surface area contributed by atoms with E-state index in [9.17, 15) is 17.6 Å². The van der Waals surface area contributed by atoms with Crippen LogP contribution in [0.2, 0.25) is 0 Å². The molecule has 1 atom stereocenters. The van der Waals surface area contributed by atoms with Gasteiger partial charge in [-0.25, -0.2) is 8.78 Å². The van der Waals surface area contributed by atoms with Crippen molar-refractivity contribution >= 4 is 11.6 Å². The Morgan fingerprint density at radius 3 is 2.48 bits per heavy atom. The molecule has 0 saturated carbocycles. The predicted octanol–water partition coefficient (Wildman–Crippen LogP) is 5.09. The fraction of sp³-hybridized carbons (Fsp3) is 0.200. The van der Waals surface area contributed by atoms with Crippen LogP contribution in [-0.2, 0) is 6.42 Å². The Bertz CT molecular complexity index is 618. The Kier molecular flexibility index (Phi) is 5.07. The maximum atomic E-state index is 13.6. The molecule has 1 unspecified atom stereocenters. The van der Waals surface area contributed by atoms with Crippen LogP contribution in [0.3, 0.4) is 0 Å². The van der Waals surface area contributed by atoms with Crippen LogP contribution in [0.5, 0.6) is 5.75 Å². The van der Waals surface area contributed by atoms with Crippen molar-refractivity contribution in [2.75, 3.05) is 0 Å². The van der Waals surface area contributed by atoms with E-state index in [4.69, 9.17) is 11.6 Å². The van der Waals surface area contributed by atoms with E-state index in [1.807, 2.05) is 0 Å². The van der Waals surface area contributed by atoms with Gasteiger partial charge in [0.05, 0.1) is 5.38 Å². The molecular formula is C15H11ClF4O. The Balaban J connectivity index is 2.14. The molecule has 0 aliphatic carbocycles. The highest BCUT2D eigenvalue weighted by Crippen LogP contribution is 2.29. The van der Waals surface area contributed by atoms with Crippen LogP contribution in [0.25, 0.3) is 0 Å². The van der Waals surface area contributed by atoms with E-state index >= 15 is 0 Å². The van der Waals surface area contributed by atoms with Crippen molar-refractivity contribution < 1.29 is 22.3 Å². The van der Waals surface area contributed by atoms with Gasteiger partial charge in [0, 0.05) is 6.07 Å². The Morgan fingerprint density at radius 1 is 1.05 bits per heavy atom. The summed E-state index contributed by atoms with van der Waals surface area (Å²) in [5.41, 5.74) is 0.759. The Hall–Kier alpha value is -1.75. The number of alkyl halides is 3. The van der Waals surface area contributed by atoms with Gasteiger partial charge in [-0.3, -0.25) is 0 Å². The lowest BCUT2D eigenvalue weighted by molar-refractivity contribution is -0.0498. The molecule has 21 heavy (non-hydrogen) atoms. The molecule has 0 aliphatic heterocycles. The largest absolute Gasteiger partial charge is 0.435 e. The molecule has 0 spiro atoms. The molecule has 0 aromatic heterocycles. The second kappa shape index (κ2) is 6.80. The third-order valence-electron chi connectivity index (χ3n) is 2.86. The standard InChI is InChI=1S/C15H11ClF4O/c16-13(7-10-4-5-11(17)8-14(10)18)9-2-1-3-12(6-9)21-15(19)20/h1-6,8,13,15H,7H2. The zero-order valence-electron chi connectivity index (χ0n) is 10.7. The van der Waals surface area contributed by atoms with Crippen molar-refractivity contribution in [1.82, 2.24) is 0 Å². The molecule has 112 valence electrons. The number of hydrogen-bond donors (Lipinski definition) is 0. The number of benzene rings is 2. The summed E-state index contributed by atoms with van der Waals surface area (Å²) in [5, 5.41) is -0.647. The molecule has 0 heterocycles. The summed E-state index contributed by atoms with van der Waals surface area (Å²) in [5.74, 6) is -1.39. The monoisotopic (exact) mass is 318 g/mol. The van der Waals surface area contributed by atoms with Gasteiger partial charge in [-0.05, 0) is 35.7 Å². The molecule has 0 bridgehead atoms. The van der Waals surface area contributed by atoms with E-state index in [2.05, 4.69) is 4.74 Å². The zero-order valence-corrected chi connectivity index (χ0v) is 11.5. The van der Waals surface area contributed by atoms with Gasteiger partial charge in [-0.15, -0.1) is 11.6 Å². The highest BCUT2D eigenvalue weighted by molar-refractivity contribution is 6.20. The van der Waals surface area contributed by atoms with Crippen LogP contribution in [0.1, 0.15) is 16.5 Å². The minimum Gasteiger partial charge on any atom is -0.435 e. The summed E-state index contributed by atoms with van der Waals surface area (Å²) in [6.07, 6.45) is 0.103. The van der Waals surface area contributed by atoms with E-state index in [-0.39, 0.29) is 17.7 Å². The maximum Gasteiger partial charge on any atom is 0.387 e. The third-order valence-corrected chi connectivity index (χ3v) is 3.27. The first-order valence-electron chi connectivity index (χ1n) is 6.08. The third kappa shape index (κ3) is 4.36. The van der Waals surface area contributed by atoms with Crippen LogP contribution in [0, 0.1) is 11.6 Å². The van der Waals surface area contributed by atoms with Crippen molar-refractivity contribution in [2.24, 2.45) is 0 Å². The molecule has 0 saturated heterocycles. The maximum absolute atomic E-state index is 13.6. The summed E-state index contributed by atoms with van der Waals surface area (Å²) >= 11 is 6.16. The predicted molar refractivity (Wildman–Crippen MR) is 71.7 cm³/mol. The molecule has 0 aliphatic rings. The van der Waals surface area contributed by atoms with Crippen LogP contribution < -0.4 is 4.74 Å². The molecule has 2 aromatic rings. The molecule has 2 aromatic carbocycles. The molecular weight excluding hydrogens is 308 g/mol.